The second-order valence-corrected chi connectivity index (χ2v) is 9.34. The first-order valence-electron chi connectivity index (χ1n) is 12.7. The number of fused-ring (bicyclic) bond motifs is 1. The van der Waals surface area contributed by atoms with Gasteiger partial charge >= 0.3 is 0 Å². The van der Waals surface area contributed by atoms with E-state index in [2.05, 4.69) is 36.2 Å². The van der Waals surface area contributed by atoms with E-state index in [9.17, 15) is 9.65 Å². The minimum atomic E-state index is -0.738. The number of nitrogens with one attached hydrogen (secondary N) is 1. The molecule has 4 aromatic heterocycles. The molecule has 1 N–H and O–H groups in total. The van der Waals surface area contributed by atoms with Gasteiger partial charge in [0.25, 0.3) is 0 Å². The molecule has 0 saturated carbocycles. The number of rotatable bonds is 5. The molecule has 1 saturated heterocycles. The van der Waals surface area contributed by atoms with Crippen molar-refractivity contribution in [3.63, 3.8) is 0 Å². The van der Waals surface area contributed by atoms with Crippen molar-refractivity contribution in [3.05, 3.63) is 90.0 Å². The lowest BCUT2D eigenvalue weighted by molar-refractivity contribution is 0.122. The van der Waals surface area contributed by atoms with Crippen LogP contribution >= 0.6 is 0 Å². The van der Waals surface area contributed by atoms with Gasteiger partial charge in [-0.15, -0.1) is 0 Å². The highest BCUT2D eigenvalue weighted by molar-refractivity contribution is 5.99. The summed E-state index contributed by atoms with van der Waals surface area (Å²) in [4.78, 5) is 20.0. The van der Waals surface area contributed by atoms with Gasteiger partial charge in [0, 0.05) is 72.8 Å². The Morgan fingerprint density at radius 3 is 2.65 bits per heavy atom. The lowest BCUT2D eigenvalue weighted by atomic mass is 10.0. The maximum absolute atomic E-state index is 15.4. The van der Waals surface area contributed by atoms with Crippen molar-refractivity contribution in [1.82, 2.24) is 19.9 Å². The van der Waals surface area contributed by atoms with Crippen LogP contribution in [0.4, 0.5) is 26.0 Å². The highest BCUT2D eigenvalue weighted by atomic mass is 19.1. The van der Waals surface area contributed by atoms with Crippen molar-refractivity contribution in [2.24, 2.45) is 0 Å². The number of morpholine rings is 1. The molecule has 0 spiro atoms. The molecule has 1 fully saturated rings. The molecule has 1 aliphatic heterocycles. The Hall–Kier alpha value is -5.01. The third-order valence-corrected chi connectivity index (χ3v) is 6.82. The molecule has 6 rings (SSSR count). The van der Waals surface area contributed by atoms with Gasteiger partial charge in [-0.25, -0.2) is 18.7 Å². The number of hydrogen-bond acceptors (Lipinski definition) is 8. The highest BCUT2D eigenvalue weighted by Gasteiger charge is 2.21. The molecule has 1 aromatic carbocycles. The lowest BCUT2D eigenvalue weighted by Gasteiger charge is -2.28. The smallest absolute Gasteiger partial charge is 0.137 e. The summed E-state index contributed by atoms with van der Waals surface area (Å²) in [6, 6.07) is 13.2. The van der Waals surface area contributed by atoms with Crippen LogP contribution in [0.25, 0.3) is 33.4 Å². The van der Waals surface area contributed by atoms with Gasteiger partial charge < -0.3 is 15.0 Å². The monoisotopic (exact) mass is 535 g/mol. The first-order valence-corrected chi connectivity index (χ1v) is 12.7. The van der Waals surface area contributed by atoms with Crippen molar-refractivity contribution in [3.8, 4) is 28.6 Å². The fraction of sp³-hybridized carbons (Fsp3) is 0.167. The first kappa shape index (κ1) is 25.3. The van der Waals surface area contributed by atoms with E-state index in [-0.39, 0.29) is 10.9 Å². The molecule has 8 nitrogen and oxygen atoms in total. The zero-order chi connectivity index (χ0) is 27.6. The number of aromatic nitrogens is 4. The number of pyridine rings is 4. The van der Waals surface area contributed by atoms with Gasteiger partial charge in [0.15, 0.2) is 0 Å². The van der Waals surface area contributed by atoms with Crippen LogP contribution in [-0.2, 0) is 4.74 Å². The van der Waals surface area contributed by atoms with Gasteiger partial charge in [0.05, 0.1) is 52.4 Å². The lowest BCUT2D eigenvalue weighted by Crippen LogP contribution is -2.36. The molecule has 5 heterocycles. The third-order valence-electron chi connectivity index (χ3n) is 6.82. The van der Waals surface area contributed by atoms with Crippen LogP contribution < -0.4 is 10.2 Å². The number of hydrogen-bond donors (Lipinski definition) is 1. The molecule has 0 unspecified atom stereocenters. The quantitative estimate of drug-likeness (QED) is 0.302. The standard InChI is InChI=1S/C30H23F2N7O/c1-18-29(24-4-2-3-5-35-24)38-26-12-21(31)11-23(32)28(26)30(18)37-25-13-27(39-6-8-40-9-7-39)36-17-22(25)20-10-19(14-33)15-34-16-20/h2-5,10-13,15-17H,6-9H2,1H3,(H,36,37,38). The Morgan fingerprint density at radius 2 is 1.88 bits per heavy atom. The van der Waals surface area contributed by atoms with Crippen molar-refractivity contribution in [1.29, 1.82) is 5.26 Å². The predicted molar refractivity (Wildman–Crippen MR) is 148 cm³/mol. The molecular formula is C30H23F2N7O. The van der Waals surface area contributed by atoms with E-state index in [1.165, 1.54) is 12.3 Å². The SMILES string of the molecule is Cc1c(-c2ccccn2)nc2cc(F)cc(F)c2c1Nc1cc(N2CCOCC2)ncc1-c1cncc(C#N)c1. The van der Waals surface area contributed by atoms with Gasteiger partial charge in [-0.3, -0.25) is 9.97 Å². The van der Waals surface area contributed by atoms with E-state index >= 15 is 4.39 Å². The van der Waals surface area contributed by atoms with E-state index in [1.54, 1.807) is 36.8 Å². The first-order chi connectivity index (χ1) is 19.5. The topological polar surface area (TPSA) is 99.8 Å². The summed E-state index contributed by atoms with van der Waals surface area (Å²) in [5.41, 5.74) is 4.61. The van der Waals surface area contributed by atoms with Crippen LogP contribution in [0.3, 0.4) is 0 Å². The zero-order valence-corrected chi connectivity index (χ0v) is 21.5. The Labute approximate surface area is 228 Å². The Kier molecular flexibility index (Phi) is 6.72. The number of nitrogens with zero attached hydrogens (tertiary/aromatic N) is 6. The van der Waals surface area contributed by atoms with Crippen LogP contribution in [0.1, 0.15) is 11.1 Å². The van der Waals surface area contributed by atoms with Crippen LogP contribution in [0.15, 0.2) is 67.3 Å². The second-order valence-electron chi connectivity index (χ2n) is 9.34. The molecule has 0 atom stereocenters. The fourth-order valence-corrected chi connectivity index (χ4v) is 4.84. The van der Waals surface area contributed by atoms with Crippen molar-refractivity contribution < 1.29 is 13.5 Å². The summed E-state index contributed by atoms with van der Waals surface area (Å²) in [5, 5.41) is 13.0. The summed E-state index contributed by atoms with van der Waals surface area (Å²) >= 11 is 0. The number of anilines is 3. The fourth-order valence-electron chi connectivity index (χ4n) is 4.84. The molecule has 5 aromatic rings. The van der Waals surface area contributed by atoms with Gasteiger partial charge in [-0.1, -0.05) is 6.07 Å². The van der Waals surface area contributed by atoms with E-state index in [1.807, 2.05) is 19.1 Å². The zero-order valence-electron chi connectivity index (χ0n) is 21.5. The minimum absolute atomic E-state index is 0.151. The number of nitriles is 1. The molecule has 10 heteroatoms. The minimum Gasteiger partial charge on any atom is -0.378 e. The number of ether oxygens (including phenoxy) is 1. The largest absolute Gasteiger partial charge is 0.378 e. The summed E-state index contributed by atoms with van der Waals surface area (Å²) in [6.07, 6.45) is 6.48. The maximum atomic E-state index is 15.4. The Bertz CT molecular complexity index is 1770. The van der Waals surface area contributed by atoms with Gasteiger partial charge in [0.2, 0.25) is 0 Å². The molecule has 1 aliphatic rings. The molecule has 0 radical (unpaired) electrons. The number of benzene rings is 1. The summed E-state index contributed by atoms with van der Waals surface area (Å²) in [6.45, 7) is 4.33. The van der Waals surface area contributed by atoms with Gasteiger partial charge in [-0.2, -0.15) is 5.26 Å². The van der Waals surface area contributed by atoms with Crippen LogP contribution in [0, 0.1) is 29.9 Å². The number of halogens is 2. The van der Waals surface area contributed by atoms with Crippen molar-refractivity contribution >= 4 is 28.1 Å². The summed E-state index contributed by atoms with van der Waals surface area (Å²) < 4.78 is 35.2. The van der Waals surface area contributed by atoms with Gasteiger partial charge in [-0.05, 0) is 25.1 Å². The predicted octanol–water partition coefficient (Wildman–Crippen LogP) is 5.79. The molecule has 0 amide bonds. The van der Waals surface area contributed by atoms with Crippen LogP contribution in [0.2, 0.25) is 0 Å². The van der Waals surface area contributed by atoms with Crippen molar-refractivity contribution in [2.45, 2.75) is 6.92 Å². The Balaban J connectivity index is 1.58. The average molecular weight is 536 g/mol. The van der Waals surface area contributed by atoms with E-state index in [4.69, 9.17) is 4.74 Å². The van der Waals surface area contributed by atoms with Crippen LogP contribution in [0.5, 0.6) is 0 Å². The second kappa shape index (κ2) is 10.6. The highest BCUT2D eigenvalue weighted by Crippen LogP contribution is 2.39. The third kappa shape index (κ3) is 4.79. The molecule has 0 bridgehead atoms. The van der Waals surface area contributed by atoms with Gasteiger partial charge in [0.1, 0.15) is 23.5 Å². The normalized spacial score (nSPS) is 13.3. The summed E-state index contributed by atoms with van der Waals surface area (Å²) in [7, 11) is 0. The molecule has 198 valence electrons. The molecule has 40 heavy (non-hydrogen) atoms. The molecular weight excluding hydrogens is 512 g/mol. The average Bonchev–Trinajstić information content (AvgIpc) is 2.99. The summed E-state index contributed by atoms with van der Waals surface area (Å²) in [5.74, 6) is -0.748. The Morgan fingerprint density at radius 1 is 1.02 bits per heavy atom. The molecule has 0 aliphatic carbocycles. The van der Waals surface area contributed by atoms with Crippen molar-refractivity contribution in [2.75, 3.05) is 36.5 Å². The maximum Gasteiger partial charge on any atom is 0.137 e. The van der Waals surface area contributed by atoms with Crippen LogP contribution in [-0.4, -0.2) is 46.2 Å². The van der Waals surface area contributed by atoms with E-state index in [0.29, 0.717) is 77.1 Å². The van der Waals surface area contributed by atoms with E-state index < -0.39 is 11.6 Å². The van der Waals surface area contributed by atoms with E-state index in [0.717, 1.165) is 6.07 Å².